The van der Waals surface area contributed by atoms with Crippen molar-refractivity contribution >= 4 is 0 Å². The topological polar surface area (TPSA) is 40.0 Å². The lowest BCUT2D eigenvalue weighted by Crippen LogP contribution is -2.48. The average molecular weight is 505 g/mol. The molecule has 6 rings (SSSR count). The van der Waals surface area contributed by atoms with E-state index < -0.39 is 0 Å². The van der Waals surface area contributed by atoms with Crippen LogP contribution in [0.2, 0.25) is 0 Å². The van der Waals surface area contributed by atoms with E-state index in [1.807, 2.05) is 0 Å². The van der Waals surface area contributed by atoms with Gasteiger partial charge in [-0.15, -0.1) is 0 Å². The molecule has 0 spiro atoms. The Morgan fingerprint density at radius 2 is 1.87 bits per heavy atom. The molecule has 2 heterocycles. The zero-order chi connectivity index (χ0) is 25.9. The van der Waals surface area contributed by atoms with Crippen LogP contribution < -0.4 is 5.32 Å². The Hall–Kier alpha value is -3.08. The zero-order valence-electron chi connectivity index (χ0n) is 22.8. The zero-order valence-corrected chi connectivity index (χ0v) is 22.8. The molecule has 5 unspecified atom stereocenters. The molecular formula is C34H40N4. The van der Waals surface area contributed by atoms with Crippen molar-refractivity contribution in [3.63, 3.8) is 0 Å². The van der Waals surface area contributed by atoms with E-state index in [9.17, 15) is 0 Å². The number of rotatable bonds is 7. The lowest BCUT2D eigenvalue weighted by Gasteiger charge is -2.37. The fourth-order valence-corrected chi connectivity index (χ4v) is 6.69. The molecule has 0 saturated carbocycles. The van der Waals surface area contributed by atoms with Gasteiger partial charge in [0.05, 0.1) is 12.2 Å². The number of azo groups is 1. The molecule has 196 valence electrons. The van der Waals surface area contributed by atoms with Crippen molar-refractivity contribution in [3.05, 3.63) is 119 Å². The predicted molar refractivity (Wildman–Crippen MR) is 156 cm³/mol. The summed E-state index contributed by atoms with van der Waals surface area (Å²) in [6, 6.07) is 20.9. The van der Waals surface area contributed by atoms with Crippen LogP contribution in [0.25, 0.3) is 0 Å². The van der Waals surface area contributed by atoms with E-state index in [4.69, 9.17) is 0 Å². The summed E-state index contributed by atoms with van der Waals surface area (Å²) < 4.78 is 0. The number of benzene rings is 2. The van der Waals surface area contributed by atoms with Crippen LogP contribution in [0.1, 0.15) is 48.8 Å². The first kappa shape index (κ1) is 25.2. The van der Waals surface area contributed by atoms with Gasteiger partial charge >= 0.3 is 0 Å². The normalized spacial score (nSPS) is 27.9. The van der Waals surface area contributed by atoms with Gasteiger partial charge in [0.15, 0.2) is 0 Å². The summed E-state index contributed by atoms with van der Waals surface area (Å²) in [5.74, 6) is 1.26. The number of hydrogen-bond acceptors (Lipinski definition) is 4. The van der Waals surface area contributed by atoms with E-state index in [2.05, 4.69) is 119 Å². The van der Waals surface area contributed by atoms with Gasteiger partial charge in [-0.2, -0.15) is 10.2 Å². The van der Waals surface area contributed by atoms with Crippen LogP contribution in [0, 0.1) is 18.8 Å². The maximum absolute atomic E-state index is 4.62. The molecule has 0 radical (unpaired) electrons. The third-order valence-corrected chi connectivity index (χ3v) is 8.81. The van der Waals surface area contributed by atoms with E-state index in [1.54, 1.807) is 0 Å². The molecule has 0 bridgehead atoms. The lowest BCUT2D eigenvalue weighted by molar-refractivity contribution is 0.293. The van der Waals surface area contributed by atoms with Crippen LogP contribution in [-0.4, -0.2) is 36.6 Å². The van der Waals surface area contributed by atoms with Gasteiger partial charge < -0.3 is 5.32 Å². The Balaban J connectivity index is 1.17. The van der Waals surface area contributed by atoms with Gasteiger partial charge in [0.2, 0.25) is 0 Å². The number of aryl methyl sites for hydroxylation is 1. The third-order valence-electron chi connectivity index (χ3n) is 8.81. The van der Waals surface area contributed by atoms with Crippen LogP contribution in [0.3, 0.4) is 0 Å². The van der Waals surface area contributed by atoms with Gasteiger partial charge in [0, 0.05) is 43.6 Å². The molecule has 1 fully saturated rings. The average Bonchev–Trinajstić information content (AvgIpc) is 3.38. The third kappa shape index (κ3) is 5.67. The Bertz CT molecular complexity index is 1270. The number of nitrogens with one attached hydrogen (secondary N) is 1. The van der Waals surface area contributed by atoms with Crippen LogP contribution in [0.5, 0.6) is 0 Å². The van der Waals surface area contributed by atoms with Crippen molar-refractivity contribution < 1.29 is 0 Å². The number of fused-ring (bicyclic) bond motifs is 1. The van der Waals surface area contributed by atoms with Gasteiger partial charge in [0.25, 0.3) is 0 Å². The molecule has 0 aromatic heterocycles. The fourth-order valence-electron chi connectivity index (χ4n) is 6.69. The molecule has 0 amide bonds. The first-order chi connectivity index (χ1) is 18.6. The van der Waals surface area contributed by atoms with Crippen molar-refractivity contribution in [3.8, 4) is 0 Å². The first-order valence-electron chi connectivity index (χ1n) is 14.3. The molecule has 2 aliphatic heterocycles. The molecule has 4 aliphatic rings. The van der Waals surface area contributed by atoms with Crippen LogP contribution in [-0.2, 0) is 6.54 Å². The van der Waals surface area contributed by atoms with Crippen molar-refractivity contribution in [2.75, 3.05) is 19.6 Å². The summed E-state index contributed by atoms with van der Waals surface area (Å²) in [7, 11) is 0. The second-order valence-corrected chi connectivity index (χ2v) is 11.6. The minimum Gasteiger partial charge on any atom is -0.307 e. The largest absolute Gasteiger partial charge is 0.307 e. The summed E-state index contributed by atoms with van der Waals surface area (Å²) in [5.41, 5.74) is 8.20. The summed E-state index contributed by atoms with van der Waals surface area (Å²) in [5, 5.41) is 13.2. The molecule has 4 nitrogen and oxygen atoms in total. The fraction of sp³-hybridized carbons (Fsp3) is 0.412. The quantitative estimate of drug-likeness (QED) is 0.436. The van der Waals surface area contributed by atoms with Gasteiger partial charge in [0.1, 0.15) is 0 Å². The summed E-state index contributed by atoms with van der Waals surface area (Å²) in [4.78, 5) is 2.58. The molecule has 1 N–H and O–H groups in total. The number of hydrogen-bond donors (Lipinski definition) is 1. The first-order valence-corrected chi connectivity index (χ1v) is 14.3. The highest BCUT2D eigenvalue weighted by atomic mass is 15.2. The van der Waals surface area contributed by atoms with Gasteiger partial charge in [-0.05, 0) is 56.2 Å². The second kappa shape index (κ2) is 11.3. The van der Waals surface area contributed by atoms with E-state index in [0.29, 0.717) is 29.8 Å². The van der Waals surface area contributed by atoms with Crippen molar-refractivity contribution in [2.24, 2.45) is 22.1 Å². The maximum Gasteiger partial charge on any atom is 0.0763 e. The van der Waals surface area contributed by atoms with Crippen LogP contribution in [0.4, 0.5) is 0 Å². The number of likely N-dealkylation sites (tertiary alicyclic amines) is 1. The van der Waals surface area contributed by atoms with Gasteiger partial charge in [-0.3, -0.25) is 4.90 Å². The van der Waals surface area contributed by atoms with Crippen LogP contribution in [0.15, 0.2) is 112 Å². The standard InChI is InChI=1S/C34H40N4/c1-24-8-12-27(13-9-24)34(28-14-10-25(2)11-15-28)29-16-17-32-31(20-29)33(21-35-37-32)36-30-18-19-38(23-30)22-26-6-4-3-5-7-26/h3-14,16-17,28,30-31,33-34,36H,15,18-23H2,1-2H3. The molecule has 2 aromatic carbocycles. The molecule has 1 saturated heterocycles. The number of nitrogens with zero attached hydrogens (tertiary/aromatic N) is 3. The summed E-state index contributed by atoms with van der Waals surface area (Å²) in [6.45, 7) is 8.43. The second-order valence-electron chi connectivity index (χ2n) is 11.6. The Morgan fingerprint density at radius 1 is 1.03 bits per heavy atom. The van der Waals surface area contributed by atoms with E-state index in [1.165, 1.54) is 34.3 Å². The lowest BCUT2D eigenvalue weighted by atomic mass is 9.71. The monoisotopic (exact) mass is 504 g/mol. The minimum absolute atomic E-state index is 0.340. The Kier molecular flexibility index (Phi) is 7.53. The molecule has 2 aromatic rings. The smallest absolute Gasteiger partial charge is 0.0763 e. The summed E-state index contributed by atoms with van der Waals surface area (Å²) >= 11 is 0. The maximum atomic E-state index is 4.62. The van der Waals surface area contributed by atoms with Gasteiger partial charge in [-0.25, -0.2) is 0 Å². The molecule has 5 atom stereocenters. The molecule has 2 aliphatic carbocycles. The number of allylic oxidation sites excluding steroid dienone is 7. The molecular weight excluding hydrogens is 464 g/mol. The van der Waals surface area contributed by atoms with E-state index in [-0.39, 0.29) is 0 Å². The summed E-state index contributed by atoms with van der Waals surface area (Å²) in [6.07, 6.45) is 15.1. The molecule has 4 heteroatoms. The Labute approximate surface area is 227 Å². The highest BCUT2D eigenvalue weighted by Crippen LogP contribution is 2.44. The molecule has 38 heavy (non-hydrogen) atoms. The Morgan fingerprint density at radius 3 is 2.66 bits per heavy atom. The van der Waals surface area contributed by atoms with E-state index >= 15 is 0 Å². The van der Waals surface area contributed by atoms with Crippen molar-refractivity contribution in [2.45, 2.75) is 57.7 Å². The minimum atomic E-state index is 0.340. The highest BCUT2D eigenvalue weighted by molar-refractivity contribution is 5.40. The van der Waals surface area contributed by atoms with Crippen LogP contribution >= 0.6 is 0 Å². The highest BCUT2D eigenvalue weighted by Gasteiger charge is 2.37. The SMILES string of the molecule is CC1=CCC(C(C2=CC=C3N=NCC(NC4CCN(Cc5ccccc5)C4)C3C2)c2ccc(C)cc2)C=C1. The van der Waals surface area contributed by atoms with Crippen molar-refractivity contribution in [1.29, 1.82) is 0 Å². The van der Waals surface area contributed by atoms with Gasteiger partial charge in [-0.1, -0.05) is 95.6 Å². The predicted octanol–water partition coefficient (Wildman–Crippen LogP) is 7.13. The van der Waals surface area contributed by atoms with Crippen molar-refractivity contribution in [1.82, 2.24) is 10.2 Å². The van der Waals surface area contributed by atoms with E-state index in [0.717, 1.165) is 44.7 Å².